The number of carbonyl (C=O) groups is 1. The molecule has 2 fully saturated rings. The van der Waals surface area contributed by atoms with E-state index < -0.39 is 12.0 Å². The van der Waals surface area contributed by atoms with Crippen LogP contribution in [0.1, 0.15) is 79.5 Å². The minimum absolute atomic E-state index is 0.00502. The number of aromatic nitrogens is 4. The van der Waals surface area contributed by atoms with Crippen molar-refractivity contribution in [2.75, 3.05) is 23.3 Å². The number of nitrogens with zero attached hydrogens (tertiary/aromatic N) is 5. The van der Waals surface area contributed by atoms with Gasteiger partial charge in [0.25, 0.3) is 0 Å². The Morgan fingerprint density at radius 3 is 2.58 bits per heavy atom. The highest BCUT2D eigenvalue weighted by molar-refractivity contribution is 5.94. The van der Waals surface area contributed by atoms with E-state index in [0.29, 0.717) is 47.7 Å². The summed E-state index contributed by atoms with van der Waals surface area (Å²) in [7, 11) is 0. The van der Waals surface area contributed by atoms with E-state index in [1.807, 2.05) is 36.6 Å². The average Bonchev–Trinajstić information content (AvgIpc) is 3.59. The third-order valence-electron chi connectivity index (χ3n) is 9.03. The standard InChI is InChI=1S/C33H46N8O4/c1-18(2)40(21-12-19(13-21)8-11-25(42)39-23-10-9-20(14-22(23)34)32(3,4)5)15-24-27-28(45-33(6,7)44-27)31(43-24)41-17-38-26-29(35)36-16-37-30(26)41/h9-10,12,14,16-18,21,24,27-28,31H,8,11,13,15,34H2,1-7H3,(H,39,42)(H2,35,36,37). The molecule has 0 spiro atoms. The lowest BCUT2D eigenvalue weighted by Gasteiger charge is -2.41. The minimum atomic E-state index is -0.744. The number of hydrogen-bond donors (Lipinski definition) is 3. The van der Waals surface area contributed by atoms with Gasteiger partial charge in [-0.15, -0.1) is 0 Å². The summed E-state index contributed by atoms with van der Waals surface area (Å²) in [5, 5.41) is 2.99. The van der Waals surface area contributed by atoms with Gasteiger partial charge in [0, 0.05) is 25.0 Å². The first kappa shape index (κ1) is 31.4. The Morgan fingerprint density at radius 1 is 1.16 bits per heavy atom. The molecule has 6 rings (SSSR count). The van der Waals surface area contributed by atoms with Gasteiger partial charge in [0.15, 0.2) is 23.5 Å². The molecule has 5 N–H and O–H groups in total. The zero-order valence-corrected chi connectivity index (χ0v) is 27.3. The van der Waals surface area contributed by atoms with E-state index in [4.69, 9.17) is 25.7 Å². The number of nitrogen functional groups attached to an aromatic ring is 2. The maximum Gasteiger partial charge on any atom is 0.224 e. The van der Waals surface area contributed by atoms with Crippen LogP contribution in [0.2, 0.25) is 0 Å². The predicted octanol–water partition coefficient (Wildman–Crippen LogP) is 4.53. The maximum atomic E-state index is 12.8. The van der Waals surface area contributed by atoms with Gasteiger partial charge in [-0.1, -0.05) is 38.5 Å². The molecule has 2 aromatic heterocycles. The fourth-order valence-corrected chi connectivity index (χ4v) is 6.56. The van der Waals surface area contributed by atoms with Gasteiger partial charge < -0.3 is 31.0 Å². The monoisotopic (exact) mass is 618 g/mol. The van der Waals surface area contributed by atoms with E-state index >= 15 is 0 Å². The van der Waals surface area contributed by atoms with Gasteiger partial charge in [0.05, 0.1) is 17.7 Å². The predicted molar refractivity (Wildman–Crippen MR) is 173 cm³/mol. The van der Waals surface area contributed by atoms with Crippen LogP contribution >= 0.6 is 0 Å². The van der Waals surface area contributed by atoms with Crippen LogP contribution in [0.5, 0.6) is 0 Å². The summed E-state index contributed by atoms with van der Waals surface area (Å²) in [6.07, 6.45) is 6.11. The van der Waals surface area contributed by atoms with Crippen molar-refractivity contribution in [3.8, 4) is 0 Å². The zero-order chi connectivity index (χ0) is 32.3. The molecule has 45 heavy (non-hydrogen) atoms. The molecule has 5 unspecified atom stereocenters. The lowest BCUT2D eigenvalue weighted by atomic mass is 9.86. The summed E-state index contributed by atoms with van der Waals surface area (Å²) in [5.41, 5.74) is 17.1. The molecule has 12 nitrogen and oxygen atoms in total. The molecule has 3 aromatic rings. The molecule has 0 bridgehead atoms. The van der Waals surface area contributed by atoms with E-state index in [-0.39, 0.29) is 41.7 Å². The molecule has 1 aliphatic carbocycles. The normalized spacial score (nSPS) is 25.9. The first-order valence-corrected chi connectivity index (χ1v) is 15.8. The first-order chi connectivity index (χ1) is 21.2. The summed E-state index contributed by atoms with van der Waals surface area (Å²) in [4.78, 5) is 28.1. The van der Waals surface area contributed by atoms with Crippen molar-refractivity contribution in [2.24, 2.45) is 0 Å². The summed E-state index contributed by atoms with van der Waals surface area (Å²) < 4.78 is 21.3. The van der Waals surface area contributed by atoms with Crippen LogP contribution in [0.15, 0.2) is 42.5 Å². The molecule has 12 heteroatoms. The maximum absolute atomic E-state index is 12.8. The van der Waals surface area contributed by atoms with Crippen LogP contribution in [-0.4, -0.2) is 73.1 Å². The van der Waals surface area contributed by atoms with Gasteiger partial charge in [-0.2, -0.15) is 0 Å². The van der Waals surface area contributed by atoms with Gasteiger partial charge in [0.1, 0.15) is 30.2 Å². The van der Waals surface area contributed by atoms with Crippen LogP contribution < -0.4 is 16.8 Å². The highest BCUT2D eigenvalue weighted by Crippen LogP contribution is 2.44. The Balaban J connectivity index is 1.09. The van der Waals surface area contributed by atoms with Crippen molar-refractivity contribution in [1.82, 2.24) is 24.4 Å². The van der Waals surface area contributed by atoms with Crippen LogP contribution in [0.3, 0.4) is 0 Å². The van der Waals surface area contributed by atoms with Crippen molar-refractivity contribution in [1.29, 1.82) is 0 Å². The summed E-state index contributed by atoms with van der Waals surface area (Å²) in [6, 6.07) is 6.38. The number of anilines is 3. The van der Waals surface area contributed by atoms with E-state index in [2.05, 4.69) is 65.9 Å². The first-order valence-electron chi connectivity index (χ1n) is 15.8. The SMILES string of the molecule is CC(C)N(CC1OC(n2cnc3c(N)ncnc32)C2OC(C)(C)OC12)C1C=C(CCC(=O)Nc2ccc(C(C)(C)C)cc2N)C1. The topological polar surface area (TPSA) is 156 Å². The van der Waals surface area contributed by atoms with Gasteiger partial charge in [0.2, 0.25) is 5.91 Å². The molecule has 0 saturated carbocycles. The van der Waals surface area contributed by atoms with E-state index in [1.54, 1.807) is 6.33 Å². The Labute approximate surface area is 264 Å². The van der Waals surface area contributed by atoms with Crippen LogP contribution in [0.4, 0.5) is 17.2 Å². The Kier molecular flexibility index (Phi) is 8.13. The number of ether oxygens (including phenoxy) is 3. The number of hydrogen-bond acceptors (Lipinski definition) is 10. The second kappa shape index (κ2) is 11.7. The molecule has 3 aliphatic rings. The van der Waals surface area contributed by atoms with Gasteiger partial charge in [-0.05, 0) is 63.6 Å². The van der Waals surface area contributed by atoms with Crippen molar-refractivity contribution < 1.29 is 19.0 Å². The molecule has 0 radical (unpaired) electrons. The molecule has 5 atom stereocenters. The molecule has 2 saturated heterocycles. The van der Waals surface area contributed by atoms with Crippen molar-refractivity contribution in [2.45, 2.75) is 116 Å². The highest BCUT2D eigenvalue weighted by atomic mass is 16.8. The number of carbonyl (C=O) groups excluding carboxylic acids is 1. The fraction of sp³-hybridized carbons (Fsp3) is 0.576. The van der Waals surface area contributed by atoms with E-state index in [9.17, 15) is 4.79 Å². The molecule has 1 aromatic carbocycles. The van der Waals surface area contributed by atoms with Crippen molar-refractivity contribution >= 4 is 34.3 Å². The summed E-state index contributed by atoms with van der Waals surface area (Å²) in [5.74, 6) is -0.457. The molecular weight excluding hydrogens is 572 g/mol. The van der Waals surface area contributed by atoms with Crippen LogP contribution in [0.25, 0.3) is 11.2 Å². The van der Waals surface area contributed by atoms with Gasteiger partial charge in [-0.25, -0.2) is 15.0 Å². The number of fused-ring (bicyclic) bond motifs is 2. The number of nitrogens with two attached hydrogens (primary N) is 2. The molecule has 4 heterocycles. The zero-order valence-electron chi connectivity index (χ0n) is 27.3. The smallest absolute Gasteiger partial charge is 0.224 e. The number of rotatable bonds is 9. The Morgan fingerprint density at radius 2 is 1.89 bits per heavy atom. The van der Waals surface area contributed by atoms with Gasteiger partial charge in [-0.3, -0.25) is 14.3 Å². The van der Waals surface area contributed by atoms with E-state index in [0.717, 1.165) is 12.0 Å². The lowest BCUT2D eigenvalue weighted by Crippen LogP contribution is -2.49. The van der Waals surface area contributed by atoms with Crippen LogP contribution in [0, 0.1) is 0 Å². The molecular formula is C33H46N8O4. The number of imidazole rings is 1. The summed E-state index contributed by atoms with van der Waals surface area (Å²) in [6.45, 7) is 15.3. The quantitative estimate of drug-likeness (QED) is 0.230. The fourth-order valence-electron chi connectivity index (χ4n) is 6.56. The Hall–Kier alpha value is -3.58. The second-order valence-electron chi connectivity index (χ2n) is 14.2. The number of amides is 1. The molecule has 1 amide bonds. The van der Waals surface area contributed by atoms with Crippen LogP contribution in [-0.2, 0) is 24.4 Å². The lowest BCUT2D eigenvalue weighted by molar-refractivity contribution is -0.198. The van der Waals surface area contributed by atoms with E-state index in [1.165, 1.54) is 11.9 Å². The minimum Gasteiger partial charge on any atom is -0.397 e. The third-order valence-corrected chi connectivity index (χ3v) is 9.03. The largest absolute Gasteiger partial charge is 0.397 e. The van der Waals surface area contributed by atoms with Gasteiger partial charge >= 0.3 is 0 Å². The number of nitrogens with one attached hydrogen (secondary N) is 1. The highest BCUT2D eigenvalue weighted by Gasteiger charge is 2.56. The third kappa shape index (κ3) is 6.29. The Bertz CT molecular complexity index is 1610. The second-order valence-corrected chi connectivity index (χ2v) is 14.2. The number of benzene rings is 1. The van der Waals surface area contributed by atoms with Crippen molar-refractivity contribution in [3.63, 3.8) is 0 Å². The summed E-state index contributed by atoms with van der Waals surface area (Å²) >= 11 is 0. The molecule has 242 valence electrons. The molecule has 2 aliphatic heterocycles. The van der Waals surface area contributed by atoms with Crippen molar-refractivity contribution in [3.05, 3.63) is 48.1 Å². The average molecular weight is 619 g/mol.